The van der Waals surface area contributed by atoms with Gasteiger partial charge in [0.05, 0.1) is 49.1 Å². The van der Waals surface area contributed by atoms with E-state index < -0.39 is 30.2 Å². The molecule has 10 nitrogen and oxygen atoms in total. The van der Waals surface area contributed by atoms with Crippen molar-refractivity contribution in [1.82, 2.24) is 15.0 Å². The number of carbonyl (C=O) groups is 2. The molecule has 0 aliphatic carbocycles. The van der Waals surface area contributed by atoms with E-state index >= 15 is 0 Å². The fourth-order valence-electron chi connectivity index (χ4n) is 3.90. The topological polar surface area (TPSA) is 107 Å². The zero-order valence-electron chi connectivity index (χ0n) is 19.9. The van der Waals surface area contributed by atoms with Gasteiger partial charge in [-0.3, -0.25) is 19.7 Å². The third-order valence-corrected chi connectivity index (χ3v) is 5.73. The Morgan fingerprint density at radius 3 is 2.32 bits per heavy atom. The van der Waals surface area contributed by atoms with Crippen LogP contribution in [0.15, 0.2) is 61.2 Å². The third-order valence-electron chi connectivity index (χ3n) is 5.73. The van der Waals surface area contributed by atoms with Crippen molar-refractivity contribution in [1.29, 1.82) is 0 Å². The number of hydrogen-bond donors (Lipinski definition) is 0. The Balaban J connectivity index is 1.38. The van der Waals surface area contributed by atoms with Crippen LogP contribution in [0, 0.1) is 0 Å². The molecule has 0 spiro atoms. The predicted molar refractivity (Wildman–Crippen MR) is 129 cm³/mol. The molecule has 0 bridgehead atoms. The second-order valence-electron chi connectivity index (χ2n) is 8.02. The minimum atomic E-state index is -4.65. The summed E-state index contributed by atoms with van der Waals surface area (Å²) in [5, 5.41) is 0.631. The molecule has 3 amide bonds. The van der Waals surface area contributed by atoms with Crippen LogP contribution in [0.3, 0.4) is 0 Å². The number of ether oxygens (including phenoxy) is 3. The number of amides is 3. The van der Waals surface area contributed by atoms with Crippen LogP contribution >= 0.6 is 0 Å². The Kier molecular flexibility index (Phi) is 6.18. The summed E-state index contributed by atoms with van der Waals surface area (Å²) >= 11 is 0. The number of pyridine rings is 3. The minimum Gasteiger partial charge on any atom is -0.493 e. The van der Waals surface area contributed by atoms with E-state index in [0.717, 1.165) is 22.1 Å². The van der Waals surface area contributed by atoms with E-state index in [0.29, 0.717) is 34.3 Å². The zero-order valence-corrected chi connectivity index (χ0v) is 19.9. The van der Waals surface area contributed by atoms with Gasteiger partial charge >= 0.3 is 12.2 Å². The molecule has 5 rings (SSSR count). The van der Waals surface area contributed by atoms with E-state index in [1.165, 1.54) is 32.5 Å². The lowest BCUT2D eigenvalue weighted by molar-refractivity contribution is -0.137. The highest BCUT2D eigenvalue weighted by atomic mass is 19.4. The molecule has 38 heavy (non-hydrogen) atoms. The third kappa shape index (κ3) is 4.49. The van der Waals surface area contributed by atoms with Crippen molar-refractivity contribution in [3.63, 3.8) is 0 Å². The van der Waals surface area contributed by atoms with Crippen LogP contribution in [0.25, 0.3) is 10.9 Å². The van der Waals surface area contributed by atoms with Crippen LogP contribution in [-0.2, 0) is 11.0 Å². The van der Waals surface area contributed by atoms with Gasteiger partial charge in [0.2, 0.25) is 5.88 Å². The van der Waals surface area contributed by atoms with E-state index in [1.807, 2.05) is 0 Å². The van der Waals surface area contributed by atoms with Crippen molar-refractivity contribution in [3.05, 3.63) is 66.7 Å². The van der Waals surface area contributed by atoms with Crippen LogP contribution in [0.1, 0.15) is 5.56 Å². The number of aromatic nitrogens is 3. The lowest BCUT2D eigenvalue weighted by Crippen LogP contribution is -2.33. The summed E-state index contributed by atoms with van der Waals surface area (Å²) < 4.78 is 55.8. The molecule has 0 unspecified atom stereocenters. The molecule has 3 aromatic heterocycles. The first-order valence-electron chi connectivity index (χ1n) is 11.0. The van der Waals surface area contributed by atoms with Crippen molar-refractivity contribution in [2.75, 3.05) is 30.6 Å². The Hall–Kier alpha value is -4.94. The summed E-state index contributed by atoms with van der Waals surface area (Å²) in [5.41, 5.74) is -0.461. The van der Waals surface area contributed by atoms with Crippen LogP contribution < -0.4 is 24.0 Å². The highest BCUT2D eigenvalue weighted by molar-refractivity contribution is 6.26. The first-order chi connectivity index (χ1) is 18.2. The monoisotopic (exact) mass is 525 g/mol. The van der Waals surface area contributed by atoms with E-state index in [1.54, 1.807) is 24.4 Å². The number of fused-ring (bicyclic) bond motifs is 1. The van der Waals surface area contributed by atoms with Gasteiger partial charge in [0.1, 0.15) is 12.3 Å². The van der Waals surface area contributed by atoms with Gasteiger partial charge in [-0.25, -0.2) is 14.7 Å². The maximum absolute atomic E-state index is 13.1. The number of imide groups is 1. The summed E-state index contributed by atoms with van der Waals surface area (Å²) in [6.07, 6.45) is -0.108. The first-order valence-corrected chi connectivity index (χ1v) is 11.0. The fraction of sp³-hybridized carbons (Fsp3) is 0.160. The number of methoxy groups -OCH3 is 2. The number of urea groups is 1. The van der Waals surface area contributed by atoms with Crippen LogP contribution in [0.4, 0.5) is 29.3 Å². The van der Waals surface area contributed by atoms with Gasteiger partial charge in [0.15, 0.2) is 11.5 Å². The van der Waals surface area contributed by atoms with Gasteiger partial charge in [-0.1, -0.05) is 0 Å². The number of nitrogens with zero attached hydrogens (tertiary/aromatic N) is 5. The van der Waals surface area contributed by atoms with Gasteiger partial charge in [-0.05, 0) is 24.3 Å². The minimum absolute atomic E-state index is 0.126. The SMILES string of the molecule is COc1cc2nccc(Oc3ccc(N4C(=O)CN(c5cncc(C(F)(F)F)c5)C4=O)cn3)c2cc1OC. The largest absolute Gasteiger partial charge is 0.493 e. The number of alkyl halides is 3. The molecule has 1 saturated heterocycles. The summed E-state index contributed by atoms with van der Waals surface area (Å²) in [5.74, 6) is 0.931. The molecular weight excluding hydrogens is 507 g/mol. The molecule has 0 radical (unpaired) electrons. The van der Waals surface area contributed by atoms with Crippen LogP contribution in [0.5, 0.6) is 23.1 Å². The number of anilines is 2. The van der Waals surface area contributed by atoms with E-state index in [9.17, 15) is 22.8 Å². The van der Waals surface area contributed by atoms with Gasteiger partial charge < -0.3 is 14.2 Å². The van der Waals surface area contributed by atoms with Gasteiger partial charge in [0, 0.05) is 29.9 Å². The molecule has 0 atom stereocenters. The second-order valence-corrected chi connectivity index (χ2v) is 8.02. The van der Waals surface area contributed by atoms with Gasteiger partial charge in [-0.2, -0.15) is 13.2 Å². The smallest absolute Gasteiger partial charge is 0.417 e. The molecule has 1 aromatic carbocycles. The lowest BCUT2D eigenvalue weighted by Gasteiger charge is -2.18. The molecule has 1 aliphatic heterocycles. The highest BCUT2D eigenvalue weighted by Crippen LogP contribution is 2.37. The lowest BCUT2D eigenvalue weighted by atomic mass is 10.2. The Morgan fingerprint density at radius 1 is 0.868 bits per heavy atom. The maximum atomic E-state index is 13.1. The normalized spacial score (nSPS) is 13.8. The number of hydrogen-bond acceptors (Lipinski definition) is 8. The number of halogens is 3. The predicted octanol–water partition coefficient (Wildman–Crippen LogP) is 4.83. The van der Waals surface area contributed by atoms with E-state index in [4.69, 9.17) is 14.2 Å². The van der Waals surface area contributed by atoms with Crippen LogP contribution in [0.2, 0.25) is 0 Å². The van der Waals surface area contributed by atoms with Crippen molar-refractivity contribution in [3.8, 4) is 23.1 Å². The van der Waals surface area contributed by atoms with Gasteiger partial charge in [-0.15, -0.1) is 0 Å². The molecule has 4 heterocycles. The summed E-state index contributed by atoms with van der Waals surface area (Å²) in [4.78, 5) is 39.4. The van der Waals surface area contributed by atoms with E-state index in [2.05, 4.69) is 15.0 Å². The molecule has 194 valence electrons. The highest BCUT2D eigenvalue weighted by Gasteiger charge is 2.39. The first kappa shape index (κ1) is 24.7. The van der Waals surface area contributed by atoms with Crippen LogP contribution in [-0.4, -0.2) is 47.7 Å². The van der Waals surface area contributed by atoms with Crippen molar-refractivity contribution >= 4 is 34.2 Å². The number of carbonyl (C=O) groups excluding carboxylic acids is 2. The summed E-state index contributed by atoms with van der Waals surface area (Å²) in [7, 11) is 3.02. The molecule has 1 aliphatic rings. The number of benzene rings is 1. The van der Waals surface area contributed by atoms with Crippen molar-refractivity contribution in [2.24, 2.45) is 0 Å². The summed E-state index contributed by atoms with van der Waals surface area (Å²) in [6, 6.07) is 7.89. The molecular formula is C25H18F3N5O5. The van der Waals surface area contributed by atoms with Gasteiger partial charge in [0.25, 0.3) is 5.91 Å². The second kappa shape index (κ2) is 9.50. The molecule has 13 heteroatoms. The fourth-order valence-corrected chi connectivity index (χ4v) is 3.90. The van der Waals surface area contributed by atoms with Crippen molar-refractivity contribution < 1.29 is 37.0 Å². The van der Waals surface area contributed by atoms with E-state index in [-0.39, 0.29) is 17.3 Å². The zero-order chi connectivity index (χ0) is 27.0. The average Bonchev–Trinajstić information content (AvgIpc) is 3.21. The number of rotatable bonds is 6. The quantitative estimate of drug-likeness (QED) is 0.330. The summed E-state index contributed by atoms with van der Waals surface area (Å²) in [6.45, 7) is -0.450. The van der Waals surface area contributed by atoms with Crippen molar-refractivity contribution in [2.45, 2.75) is 6.18 Å². The Bertz CT molecular complexity index is 1550. The molecule has 1 fully saturated rings. The Morgan fingerprint density at radius 2 is 1.63 bits per heavy atom. The Labute approximate surface area is 213 Å². The maximum Gasteiger partial charge on any atom is 0.417 e. The average molecular weight is 525 g/mol. The molecule has 0 saturated carbocycles. The molecule has 0 N–H and O–H groups in total. The molecule has 4 aromatic rings. The standard InChI is InChI=1S/C25H18F3N5O5/c1-36-20-8-17-18(9-21(20)37-2)30-6-5-19(17)38-22-4-3-15(12-31-22)33-23(34)13-32(24(33)35)16-7-14(10-29-11-16)25(26,27)28/h3-12H,13H2,1-2H3.